The van der Waals surface area contributed by atoms with Gasteiger partial charge in [-0.2, -0.15) is 0 Å². The highest BCUT2D eigenvalue weighted by Crippen LogP contribution is 2.42. The van der Waals surface area contributed by atoms with Crippen molar-refractivity contribution >= 4 is 11.7 Å². The minimum atomic E-state index is -1.16. The van der Waals surface area contributed by atoms with E-state index < -0.39 is 5.60 Å². The van der Waals surface area contributed by atoms with Crippen LogP contribution < -0.4 is 14.8 Å². The van der Waals surface area contributed by atoms with E-state index in [1.807, 2.05) is 25.1 Å². The van der Waals surface area contributed by atoms with Crippen molar-refractivity contribution in [2.45, 2.75) is 38.2 Å². The third-order valence-electron chi connectivity index (χ3n) is 5.45. The summed E-state index contributed by atoms with van der Waals surface area (Å²) in [5, 5.41) is 13.9. The Morgan fingerprint density at radius 1 is 1.07 bits per heavy atom. The third kappa shape index (κ3) is 4.59. The van der Waals surface area contributed by atoms with Gasteiger partial charge in [0.15, 0.2) is 17.3 Å². The zero-order valence-corrected chi connectivity index (χ0v) is 17.1. The van der Waals surface area contributed by atoms with Crippen LogP contribution in [-0.4, -0.2) is 37.6 Å². The van der Waals surface area contributed by atoms with Crippen LogP contribution in [0.1, 0.15) is 46.3 Å². The molecule has 0 radical (unpaired) electrons. The molecule has 0 bridgehead atoms. The number of ketones is 1. The second-order valence-corrected chi connectivity index (χ2v) is 7.46. The minimum Gasteiger partial charge on any atom is -0.493 e. The lowest BCUT2D eigenvalue weighted by atomic mass is 9.95. The Kier molecular flexibility index (Phi) is 6.23. The quantitative estimate of drug-likeness (QED) is 0.669. The van der Waals surface area contributed by atoms with Gasteiger partial charge in [0.05, 0.1) is 20.8 Å². The average molecular weight is 397 g/mol. The molecule has 2 aromatic rings. The number of ether oxygens (including phenoxy) is 2. The normalized spacial score (nSPS) is 17.5. The van der Waals surface area contributed by atoms with Crippen LogP contribution in [0, 0.1) is 6.92 Å². The van der Waals surface area contributed by atoms with Crippen LogP contribution >= 0.6 is 0 Å². The van der Waals surface area contributed by atoms with Gasteiger partial charge >= 0.3 is 0 Å². The van der Waals surface area contributed by atoms with Gasteiger partial charge in [0, 0.05) is 18.4 Å². The van der Waals surface area contributed by atoms with Crippen molar-refractivity contribution in [2.75, 3.05) is 20.8 Å². The van der Waals surface area contributed by atoms with E-state index in [1.54, 1.807) is 32.4 Å². The Bertz CT molecular complexity index is 906. The summed E-state index contributed by atoms with van der Waals surface area (Å²) in [7, 11) is 3.12. The monoisotopic (exact) mass is 397 g/mol. The number of methoxy groups -OCH3 is 2. The largest absolute Gasteiger partial charge is 0.493 e. The standard InChI is InChI=1S/C23H27NO5/c1-15-4-6-16(7-5-15)19(25)8-9-22(26)24-14-23(27)11-10-17-12-20(28-2)21(29-3)13-18(17)23/h4-7,12-13,27H,8-11,14H2,1-3H3,(H,24,26). The van der Waals surface area contributed by atoms with Crippen LogP contribution in [0.25, 0.3) is 0 Å². The van der Waals surface area contributed by atoms with Gasteiger partial charge < -0.3 is 19.9 Å². The fourth-order valence-corrected chi connectivity index (χ4v) is 3.66. The van der Waals surface area contributed by atoms with Gasteiger partial charge in [-0.1, -0.05) is 29.8 Å². The Morgan fingerprint density at radius 2 is 1.72 bits per heavy atom. The summed E-state index contributed by atoms with van der Waals surface area (Å²) in [5.74, 6) is 0.838. The van der Waals surface area contributed by atoms with Gasteiger partial charge in [0.1, 0.15) is 5.60 Å². The number of hydrogen-bond donors (Lipinski definition) is 2. The van der Waals surface area contributed by atoms with E-state index in [0.717, 1.165) is 16.7 Å². The summed E-state index contributed by atoms with van der Waals surface area (Å²) in [5.41, 5.74) is 2.25. The predicted molar refractivity (Wildman–Crippen MR) is 110 cm³/mol. The van der Waals surface area contributed by atoms with E-state index in [4.69, 9.17) is 9.47 Å². The Balaban J connectivity index is 1.58. The molecule has 6 heteroatoms. The molecule has 1 aliphatic rings. The summed E-state index contributed by atoms with van der Waals surface area (Å²) in [6.45, 7) is 2.05. The zero-order valence-electron chi connectivity index (χ0n) is 17.1. The van der Waals surface area contributed by atoms with Gasteiger partial charge in [-0.3, -0.25) is 9.59 Å². The first kappa shape index (κ1) is 20.9. The SMILES string of the molecule is COc1cc2c(cc1OC)C(O)(CNC(=O)CCC(=O)c1ccc(C)cc1)CC2. The molecule has 0 aromatic heterocycles. The molecule has 0 saturated heterocycles. The van der Waals surface area contributed by atoms with Crippen LogP contribution in [-0.2, 0) is 16.8 Å². The van der Waals surface area contributed by atoms with E-state index in [-0.39, 0.29) is 31.1 Å². The molecule has 1 atom stereocenters. The zero-order chi connectivity index (χ0) is 21.0. The van der Waals surface area contributed by atoms with Crippen molar-refractivity contribution in [3.05, 3.63) is 58.7 Å². The van der Waals surface area contributed by atoms with Crippen molar-refractivity contribution in [1.29, 1.82) is 0 Å². The molecule has 0 spiro atoms. The number of hydrogen-bond acceptors (Lipinski definition) is 5. The van der Waals surface area contributed by atoms with Gasteiger partial charge in [-0.25, -0.2) is 0 Å². The maximum Gasteiger partial charge on any atom is 0.220 e. The number of nitrogens with one attached hydrogen (secondary N) is 1. The van der Waals surface area contributed by atoms with Gasteiger partial charge in [-0.15, -0.1) is 0 Å². The maximum atomic E-state index is 12.2. The summed E-state index contributed by atoms with van der Waals surface area (Å²) in [6, 6.07) is 10.9. The second kappa shape index (κ2) is 8.66. The molecule has 0 aliphatic heterocycles. The number of carbonyl (C=O) groups is 2. The summed E-state index contributed by atoms with van der Waals surface area (Å²) in [6.07, 6.45) is 1.41. The molecule has 1 unspecified atom stereocenters. The topological polar surface area (TPSA) is 84.9 Å². The number of benzene rings is 2. The van der Waals surface area contributed by atoms with Crippen LogP contribution in [0.15, 0.2) is 36.4 Å². The lowest BCUT2D eigenvalue weighted by molar-refractivity contribution is -0.122. The van der Waals surface area contributed by atoms with Crippen LogP contribution in [0.3, 0.4) is 0 Å². The molecule has 3 rings (SSSR count). The first-order valence-corrected chi connectivity index (χ1v) is 9.70. The van der Waals surface area contributed by atoms with E-state index in [9.17, 15) is 14.7 Å². The van der Waals surface area contributed by atoms with E-state index >= 15 is 0 Å². The van der Waals surface area contributed by atoms with E-state index in [0.29, 0.717) is 29.9 Å². The van der Waals surface area contributed by atoms with E-state index in [2.05, 4.69) is 5.32 Å². The number of amides is 1. The highest BCUT2D eigenvalue weighted by molar-refractivity contribution is 5.97. The van der Waals surface area contributed by atoms with Crippen LogP contribution in [0.5, 0.6) is 11.5 Å². The average Bonchev–Trinajstić information content (AvgIpc) is 3.06. The van der Waals surface area contributed by atoms with Crippen LogP contribution in [0.4, 0.5) is 0 Å². The van der Waals surface area contributed by atoms with Crippen molar-refractivity contribution in [3.8, 4) is 11.5 Å². The second-order valence-electron chi connectivity index (χ2n) is 7.46. The first-order chi connectivity index (χ1) is 13.9. The molecule has 0 heterocycles. The highest BCUT2D eigenvalue weighted by atomic mass is 16.5. The molecule has 6 nitrogen and oxygen atoms in total. The molecule has 0 fully saturated rings. The Labute approximate surface area is 170 Å². The number of Topliss-reactive ketones (excluding diaryl/α,β-unsaturated/α-hetero) is 1. The Hall–Kier alpha value is -2.86. The third-order valence-corrected chi connectivity index (χ3v) is 5.45. The van der Waals surface area contributed by atoms with Gasteiger partial charge in [0.25, 0.3) is 0 Å². The van der Waals surface area contributed by atoms with Crippen molar-refractivity contribution < 1.29 is 24.2 Å². The number of aliphatic hydroxyl groups is 1. The molecule has 1 amide bonds. The minimum absolute atomic E-state index is 0.0677. The number of aryl methyl sites for hydroxylation is 2. The summed E-state index contributed by atoms with van der Waals surface area (Å²) >= 11 is 0. The molecular formula is C23H27NO5. The molecule has 0 saturated carbocycles. The molecule has 1 aliphatic carbocycles. The Morgan fingerprint density at radius 3 is 2.38 bits per heavy atom. The summed E-state index contributed by atoms with van der Waals surface area (Å²) in [4.78, 5) is 24.5. The van der Waals surface area contributed by atoms with Gasteiger partial charge in [0.2, 0.25) is 5.91 Å². The molecule has 2 aromatic carbocycles. The van der Waals surface area contributed by atoms with Gasteiger partial charge in [-0.05, 0) is 43.0 Å². The predicted octanol–water partition coefficient (Wildman–Crippen LogP) is 2.93. The number of carbonyl (C=O) groups excluding carboxylic acids is 2. The smallest absolute Gasteiger partial charge is 0.220 e. The van der Waals surface area contributed by atoms with Crippen molar-refractivity contribution in [2.24, 2.45) is 0 Å². The fraction of sp³-hybridized carbons (Fsp3) is 0.391. The molecule has 2 N–H and O–H groups in total. The van der Waals surface area contributed by atoms with Crippen molar-refractivity contribution in [3.63, 3.8) is 0 Å². The molecule has 154 valence electrons. The van der Waals surface area contributed by atoms with Crippen LogP contribution in [0.2, 0.25) is 0 Å². The molecule has 29 heavy (non-hydrogen) atoms. The summed E-state index contributed by atoms with van der Waals surface area (Å²) < 4.78 is 10.7. The maximum absolute atomic E-state index is 12.2. The van der Waals surface area contributed by atoms with Crippen molar-refractivity contribution in [1.82, 2.24) is 5.32 Å². The van der Waals surface area contributed by atoms with E-state index in [1.165, 1.54) is 0 Å². The lowest BCUT2D eigenvalue weighted by Gasteiger charge is -2.25. The number of rotatable bonds is 8. The molecular weight excluding hydrogens is 370 g/mol. The fourth-order valence-electron chi connectivity index (χ4n) is 3.66. The number of fused-ring (bicyclic) bond motifs is 1. The lowest BCUT2D eigenvalue weighted by Crippen LogP contribution is -2.39. The highest BCUT2D eigenvalue weighted by Gasteiger charge is 2.38. The first-order valence-electron chi connectivity index (χ1n) is 9.70.